The van der Waals surface area contributed by atoms with E-state index in [0.717, 1.165) is 45.3 Å². The van der Waals surface area contributed by atoms with E-state index in [1.54, 1.807) is 0 Å². The van der Waals surface area contributed by atoms with Crippen molar-refractivity contribution >= 4 is 0 Å². The molecule has 2 heterocycles. The van der Waals surface area contributed by atoms with Gasteiger partial charge in [0.05, 0.1) is 90.5 Å². The zero-order valence-corrected chi connectivity index (χ0v) is 27.0. The Balaban J connectivity index is 0.966. The van der Waals surface area contributed by atoms with Crippen LogP contribution >= 0.6 is 0 Å². The van der Waals surface area contributed by atoms with E-state index >= 15 is 0 Å². The summed E-state index contributed by atoms with van der Waals surface area (Å²) >= 11 is 0. The molecule has 2 saturated carbocycles. The van der Waals surface area contributed by atoms with Gasteiger partial charge >= 0.3 is 0 Å². The minimum atomic E-state index is -0.311. The highest BCUT2D eigenvalue weighted by Crippen LogP contribution is 2.40. The van der Waals surface area contributed by atoms with Crippen LogP contribution in [0.1, 0.15) is 73.6 Å². The van der Waals surface area contributed by atoms with Crippen molar-refractivity contribution < 1.29 is 47.4 Å². The molecule has 10 nitrogen and oxygen atoms in total. The van der Waals surface area contributed by atoms with E-state index in [9.17, 15) is 0 Å². The Labute approximate surface area is 253 Å². The molecule has 10 atom stereocenters. The van der Waals surface area contributed by atoms with Gasteiger partial charge in [-0.05, 0) is 57.3 Å². The lowest BCUT2D eigenvalue weighted by atomic mass is 9.71. The summed E-state index contributed by atoms with van der Waals surface area (Å²) < 4.78 is 58.2. The second kappa shape index (κ2) is 17.3. The van der Waals surface area contributed by atoms with Crippen molar-refractivity contribution in [3.05, 3.63) is 0 Å². The second-order valence-electron chi connectivity index (χ2n) is 13.4. The molecule has 0 aromatic rings. The highest BCUT2D eigenvalue weighted by Gasteiger charge is 2.39. The summed E-state index contributed by atoms with van der Waals surface area (Å²) in [6, 6.07) is 0. The van der Waals surface area contributed by atoms with Crippen molar-refractivity contribution in [3.8, 4) is 0 Å². The smallest absolute Gasteiger partial charge is 0.155 e. The Kier molecular flexibility index (Phi) is 14.2. The van der Waals surface area contributed by atoms with E-state index < -0.39 is 0 Å². The number of hydrogen-bond donors (Lipinski definition) is 0. The predicted molar refractivity (Wildman–Crippen MR) is 156 cm³/mol. The van der Waals surface area contributed by atoms with Gasteiger partial charge in [-0.2, -0.15) is 0 Å². The van der Waals surface area contributed by atoms with Gasteiger partial charge in [-0.15, -0.1) is 0 Å². The van der Waals surface area contributed by atoms with Gasteiger partial charge in [-0.1, -0.05) is 27.7 Å². The molecule has 4 fully saturated rings. The Hall–Kier alpha value is -0.400. The van der Waals surface area contributed by atoms with E-state index in [4.69, 9.17) is 47.4 Å². The molecule has 0 radical (unpaired) electrons. The molecule has 0 aromatic heterocycles. The molecule has 4 aliphatic rings. The molecule has 9 unspecified atom stereocenters. The van der Waals surface area contributed by atoms with Gasteiger partial charge in [0, 0.05) is 5.92 Å². The molecular weight excluding hydrogens is 544 g/mol. The first kappa shape index (κ1) is 34.5. The number of rotatable bonds is 21. The van der Waals surface area contributed by atoms with Crippen molar-refractivity contribution in [2.75, 3.05) is 66.1 Å². The maximum Gasteiger partial charge on any atom is 0.155 e. The van der Waals surface area contributed by atoms with Gasteiger partial charge in [0.15, 0.2) is 12.6 Å². The molecule has 4 rings (SSSR count). The molecule has 0 N–H and O–H groups in total. The van der Waals surface area contributed by atoms with Crippen LogP contribution in [-0.4, -0.2) is 115 Å². The van der Waals surface area contributed by atoms with Gasteiger partial charge < -0.3 is 47.4 Å². The molecule has 0 bridgehead atoms. The van der Waals surface area contributed by atoms with Crippen LogP contribution in [0.25, 0.3) is 0 Å². The number of hydrogen-bond acceptors (Lipinski definition) is 10. The van der Waals surface area contributed by atoms with E-state index in [0.29, 0.717) is 70.8 Å². The lowest BCUT2D eigenvalue weighted by molar-refractivity contribution is -0.208. The third kappa shape index (κ3) is 12.5. The fraction of sp³-hybridized carbons (Fsp3) is 1.00. The molecular formula is C32H58O10. The molecule has 0 aromatic carbocycles. The van der Waals surface area contributed by atoms with Gasteiger partial charge in [-0.25, -0.2) is 0 Å². The molecule has 10 heteroatoms. The topological polar surface area (TPSA) is 98.9 Å². The lowest BCUT2D eigenvalue weighted by Crippen LogP contribution is -2.43. The molecule has 2 aliphatic heterocycles. The quantitative estimate of drug-likeness (QED) is 0.107. The molecule has 42 heavy (non-hydrogen) atoms. The van der Waals surface area contributed by atoms with Crippen LogP contribution in [-0.2, 0) is 47.4 Å². The molecule has 0 spiro atoms. The van der Waals surface area contributed by atoms with Crippen LogP contribution in [0.15, 0.2) is 0 Å². The van der Waals surface area contributed by atoms with Crippen LogP contribution in [0.3, 0.4) is 0 Å². The maximum absolute atomic E-state index is 6.28. The van der Waals surface area contributed by atoms with Crippen LogP contribution in [0.2, 0.25) is 0 Å². The Morgan fingerprint density at radius 3 is 1.67 bits per heavy atom. The van der Waals surface area contributed by atoms with Gasteiger partial charge in [0.2, 0.25) is 0 Å². The number of epoxide rings is 2. The van der Waals surface area contributed by atoms with Crippen LogP contribution < -0.4 is 0 Å². The minimum absolute atomic E-state index is 0.0435. The zero-order chi connectivity index (χ0) is 30.0. The molecule has 246 valence electrons. The highest BCUT2D eigenvalue weighted by atomic mass is 16.7. The normalized spacial score (nSPS) is 34.4. The van der Waals surface area contributed by atoms with Crippen molar-refractivity contribution in [2.45, 2.75) is 123 Å². The molecule has 2 saturated heterocycles. The van der Waals surface area contributed by atoms with Gasteiger partial charge in [0.25, 0.3) is 0 Å². The standard InChI is InChI=1S/C32H58O10/c1-22-28(39-20-26-18-37-26)9-10-29(22)41-23(2)35-15-13-33-11-12-34-14-16-36-24(3)42-30-8-7-25(32(4,5)6)17-31(30)40-21-27-19-38-27/h22-31H,7-21H2,1-6H3/t22-,23?,24?,25?,26?,27?,28?,29?,30?,31?/m1/s1. The Morgan fingerprint density at radius 1 is 0.643 bits per heavy atom. The predicted octanol–water partition coefficient (Wildman–Crippen LogP) is 4.36. The third-order valence-electron chi connectivity index (χ3n) is 8.93. The van der Waals surface area contributed by atoms with E-state index in [1.165, 1.54) is 0 Å². The van der Waals surface area contributed by atoms with Crippen LogP contribution in [0.5, 0.6) is 0 Å². The van der Waals surface area contributed by atoms with Crippen molar-refractivity contribution in [1.82, 2.24) is 0 Å². The fourth-order valence-electron chi connectivity index (χ4n) is 5.97. The van der Waals surface area contributed by atoms with E-state index in [2.05, 4.69) is 27.7 Å². The fourth-order valence-corrected chi connectivity index (χ4v) is 5.97. The Morgan fingerprint density at radius 2 is 1.12 bits per heavy atom. The monoisotopic (exact) mass is 602 g/mol. The summed E-state index contributed by atoms with van der Waals surface area (Å²) in [4.78, 5) is 0. The van der Waals surface area contributed by atoms with Crippen molar-refractivity contribution in [1.29, 1.82) is 0 Å². The second-order valence-corrected chi connectivity index (χ2v) is 13.4. The summed E-state index contributed by atoms with van der Waals surface area (Å²) in [6.07, 6.45) is 5.67. The SMILES string of the molecule is CC(OCCOCCOCCOC(C)OC1CCC(OCC2CO2)[C@H]1C)OC1CCC(C(C)(C)C)CC1OCC1CO1. The van der Waals surface area contributed by atoms with E-state index in [1.807, 2.05) is 13.8 Å². The highest BCUT2D eigenvalue weighted by molar-refractivity contribution is 4.88. The molecule has 2 aliphatic carbocycles. The number of ether oxygens (including phenoxy) is 10. The molecule has 0 amide bonds. The first-order valence-electron chi connectivity index (χ1n) is 16.3. The van der Waals surface area contributed by atoms with Crippen molar-refractivity contribution in [2.24, 2.45) is 17.3 Å². The van der Waals surface area contributed by atoms with Crippen molar-refractivity contribution in [3.63, 3.8) is 0 Å². The largest absolute Gasteiger partial charge is 0.377 e. The summed E-state index contributed by atoms with van der Waals surface area (Å²) in [5, 5.41) is 0. The average Bonchev–Trinajstić information content (AvgIpc) is 3.88. The summed E-state index contributed by atoms with van der Waals surface area (Å²) in [7, 11) is 0. The van der Waals surface area contributed by atoms with Crippen LogP contribution in [0.4, 0.5) is 0 Å². The first-order chi connectivity index (χ1) is 20.2. The third-order valence-corrected chi connectivity index (χ3v) is 8.93. The minimum Gasteiger partial charge on any atom is -0.377 e. The summed E-state index contributed by atoms with van der Waals surface area (Å²) in [5.74, 6) is 0.980. The maximum atomic E-state index is 6.28. The lowest BCUT2D eigenvalue weighted by Gasteiger charge is -2.42. The average molecular weight is 603 g/mol. The van der Waals surface area contributed by atoms with Gasteiger partial charge in [-0.3, -0.25) is 0 Å². The van der Waals surface area contributed by atoms with Crippen LogP contribution in [0, 0.1) is 17.3 Å². The van der Waals surface area contributed by atoms with Gasteiger partial charge in [0.1, 0.15) is 12.2 Å². The van der Waals surface area contributed by atoms with E-state index in [-0.39, 0.29) is 48.5 Å². The summed E-state index contributed by atoms with van der Waals surface area (Å²) in [5.41, 5.74) is 0.269. The zero-order valence-electron chi connectivity index (χ0n) is 27.0. The summed E-state index contributed by atoms with van der Waals surface area (Å²) in [6.45, 7) is 19.0. The Bertz CT molecular complexity index is 739. The first-order valence-corrected chi connectivity index (χ1v) is 16.3.